The van der Waals surface area contributed by atoms with Gasteiger partial charge in [-0.25, -0.2) is 0 Å². The molecule has 1 atom stereocenters. The average molecular weight is 183 g/mol. The summed E-state index contributed by atoms with van der Waals surface area (Å²) in [6.45, 7) is 2.20. The van der Waals surface area contributed by atoms with Gasteiger partial charge in [0.25, 0.3) is 0 Å². The van der Waals surface area contributed by atoms with Crippen molar-refractivity contribution in [2.75, 3.05) is 6.61 Å². The van der Waals surface area contributed by atoms with Crippen LogP contribution in [0.5, 0.6) is 0 Å². The molecule has 0 fully saturated rings. The number of rotatable bonds is 4. The average Bonchev–Trinajstić information content (AvgIpc) is 2.57. The van der Waals surface area contributed by atoms with Crippen molar-refractivity contribution in [1.82, 2.24) is 0 Å². The Balaban J connectivity index is 2.31. The monoisotopic (exact) mass is 183 g/mol. The third-order valence-corrected chi connectivity index (χ3v) is 2.21. The van der Waals surface area contributed by atoms with Crippen LogP contribution in [0, 0.1) is 0 Å². The predicted octanol–water partition coefficient (Wildman–Crippen LogP) is 1.38. The van der Waals surface area contributed by atoms with Gasteiger partial charge >= 0.3 is 5.97 Å². The van der Waals surface area contributed by atoms with Crippen LogP contribution in [0.2, 0.25) is 0 Å². The lowest BCUT2D eigenvalue weighted by Gasteiger charge is -2.10. The van der Waals surface area contributed by atoms with Gasteiger partial charge in [0.2, 0.25) is 0 Å². The molecule has 0 amide bonds. The molecule has 74 valence electrons. The lowest BCUT2D eigenvalue weighted by Crippen LogP contribution is -2.32. The van der Waals surface area contributed by atoms with Crippen LogP contribution < -0.4 is 5.73 Å². The molecule has 2 N–H and O–H groups in total. The van der Waals surface area contributed by atoms with Crippen LogP contribution >= 0.6 is 0 Å². The van der Waals surface area contributed by atoms with Crippen LogP contribution in [0.4, 0.5) is 0 Å². The predicted molar refractivity (Wildman–Crippen MR) is 51.2 cm³/mol. The standard InChI is InChI=1S/C10H17NO2/c1-2-13-10(12)9(11)7-8-5-3-4-6-8/h5,9H,2-4,6-7,11H2,1H3. The zero-order valence-corrected chi connectivity index (χ0v) is 8.08. The number of carbonyl (C=O) groups excluding carboxylic acids is 1. The molecule has 3 nitrogen and oxygen atoms in total. The Morgan fingerprint density at radius 2 is 2.54 bits per heavy atom. The summed E-state index contributed by atoms with van der Waals surface area (Å²) >= 11 is 0. The van der Waals surface area contributed by atoms with Crippen molar-refractivity contribution in [3.8, 4) is 0 Å². The van der Waals surface area contributed by atoms with Gasteiger partial charge in [-0.3, -0.25) is 4.79 Å². The Morgan fingerprint density at radius 1 is 1.77 bits per heavy atom. The zero-order chi connectivity index (χ0) is 9.68. The summed E-state index contributed by atoms with van der Waals surface area (Å²) in [7, 11) is 0. The molecule has 1 aliphatic rings. The van der Waals surface area contributed by atoms with E-state index in [1.165, 1.54) is 12.0 Å². The van der Waals surface area contributed by atoms with Crippen molar-refractivity contribution in [2.45, 2.75) is 38.6 Å². The summed E-state index contributed by atoms with van der Waals surface area (Å²) in [5.74, 6) is -0.282. The topological polar surface area (TPSA) is 52.3 Å². The highest BCUT2D eigenvalue weighted by Gasteiger charge is 2.17. The van der Waals surface area contributed by atoms with E-state index in [2.05, 4.69) is 6.08 Å². The first kappa shape index (κ1) is 10.3. The summed E-state index contributed by atoms with van der Waals surface area (Å²) in [4.78, 5) is 11.2. The highest BCUT2D eigenvalue weighted by molar-refractivity contribution is 5.75. The SMILES string of the molecule is CCOC(=O)C(N)CC1=CCCC1. The summed E-state index contributed by atoms with van der Waals surface area (Å²) in [5, 5.41) is 0. The second-order valence-corrected chi connectivity index (χ2v) is 3.32. The number of esters is 1. The maximum absolute atomic E-state index is 11.2. The maximum Gasteiger partial charge on any atom is 0.323 e. The minimum absolute atomic E-state index is 0.282. The van der Waals surface area contributed by atoms with Crippen molar-refractivity contribution in [3.05, 3.63) is 11.6 Å². The van der Waals surface area contributed by atoms with E-state index in [9.17, 15) is 4.79 Å². The van der Waals surface area contributed by atoms with Gasteiger partial charge in [-0.15, -0.1) is 0 Å². The zero-order valence-electron chi connectivity index (χ0n) is 8.08. The summed E-state index contributed by atoms with van der Waals surface area (Å²) in [6.07, 6.45) is 6.26. The van der Waals surface area contributed by atoms with E-state index in [1.54, 1.807) is 6.92 Å². The molecule has 0 spiro atoms. The van der Waals surface area contributed by atoms with Crippen LogP contribution in [-0.2, 0) is 9.53 Å². The molecular weight excluding hydrogens is 166 g/mol. The fourth-order valence-electron chi connectivity index (χ4n) is 1.54. The molecule has 0 bridgehead atoms. The Bertz CT molecular complexity index is 211. The Hall–Kier alpha value is -0.830. The van der Waals surface area contributed by atoms with Gasteiger partial charge in [0.1, 0.15) is 6.04 Å². The lowest BCUT2D eigenvalue weighted by atomic mass is 10.1. The highest BCUT2D eigenvalue weighted by Crippen LogP contribution is 2.21. The molecule has 0 aromatic heterocycles. The van der Waals surface area contributed by atoms with Gasteiger partial charge in [-0.05, 0) is 32.6 Å². The molecule has 0 heterocycles. The molecule has 13 heavy (non-hydrogen) atoms. The van der Waals surface area contributed by atoms with Gasteiger partial charge in [-0.1, -0.05) is 11.6 Å². The smallest absolute Gasteiger partial charge is 0.323 e. The van der Waals surface area contributed by atoms with E-state index < -0.39 is 6.04 Å². The number of hydrogen-bond donors (Lipinski definition) is 1. The molecule has 0 saturated carbocycles. The van der Waals surface area contributed by atoms with Gasteiger partial charge in [0.05, 0.1) is 6.61 Å². The molecule has 0 aliphatic heterocycles. The Morgan fingerprint density at radius 3 is 3.08 bits per heavy atom. The van der Waals surface area contributed by atoms with Gasteiger partial charge in [-0.2, -0.15) is 0 Å². The van der Waals surface area contributed by atoms with E-state index in [0.29, 0.717) is 13.0 Å². The number of allylic oxidation sites excluding steroid dienone is 1. The van der Waals surface area contributed by atoms with E-state index in [0.717, 1.165) is 12.8 Å². The van der Waals surface area contributed by atoms with Gasteiger partial charge in [0, 0.05) is 0 Å². The number of ether oxygens (including phenoxy) is 1. The molecule has 0 aromatic rings. The van der Waals surface area contributed by atoms with Crippen molar-refractivity contribution in [2.24, 2.45) is 5.73 Å². The summed E-state index contributed by atoms with van der Waals surface area (Å²) in [6, 6.07) is -0.468. The molecular formula is C10H17NO2. The number of nitrogens with two attached hydrogens (primary N) is 1. The van der Waals surface area contributed by atoms with Crippen LogP contribution in [0.15, 0.2) is 11.6 Å². The van der Waals surface area contributed by atoms with Crippen LogP contribution in [0.25, 0.3) is 0 Å². The fourth-order valence-corrected chi connectivity index (χ4v) is 1.54. The number of hydrogen-bond acceptors (Lipinski definition) is 3. The summed E-state index contributed by atoms with van der Waals surface area (Å²) in [5.41, 5.74) is 6.97. The molecule has 0 aromatic carbocycles. The minimum Gasteiger partial charge on any atom is -0.465 e. The molecule has 1 aliphatic carbocycles. The van der Waals surface area contributed by atoms with Crippen LogP contribution in [0.1, 0.15) is 32.6 Å². The van der Waals surface area contributed by atoms with Crippen molar-refractivity contribution >= 4 is 5.97 Å². The fraction of sp³-hybridized carbons (Fsp3) is 0.700. The Labute approximate surface area is 78.9 Å². The van der Waals surface area contributed by atoms with E-state index in [-0.39, 0.29) is 5.97 Å². The normalized spacial score (nSPS) is 18.2. The van der Waals surface area contributed by atoms with Gasteiger partial charge in [0.15, 0.2) is 0 Å². The molecule has 0 saturated heterocycles. The molecule has 3 heteroatoms. The molecule has 1 unspecified atom stereocenters. The largest absolute Gasteiger partial charge is 0.465 e. The summed E-state index contributed by atoms with van der Waals surface area (Å²) < 4.78 is 4.82. The quantitative estimate of drug-likeness (QED) is 0.529. The van der Waals surface area contributed by atoms with Crippen molar-refractivity contribution in [3.63, 3.8) is 0 Å². The van der Waals surface area contributed by atoms with E-state index in [1.807, 2.05) is 0 Å². The first-order valence-electron chi connectivity index (χ1n) is 4.84. The van der Waals surface area contributed by atoms with Gasteiger partial charge < -0.3 is 10.5 Å². The maximum atomic E-state index is 11.2. The molecule has 0 radical (unpaired) electrons. The van der Waals surface area contributed by atoms with Crippen LogP contribution in [-0.4, -0.2) is 18.6 Å². The highest BCUT2D eigenvalue weighted by atomic mass is 16.5. The third-order valence-electron chi connectivity index (χ3n) is 2.21. The first-order chi connectivity index (χ1) is 6.24. The second-order valence-electron chi connectivity index (χ2n) is 3.32. The van der Waals surface area contributed by atoms with Crippen LogP contribution in [0.3, 0.4) is 0 Å². The van der Waals surface area contributed by atoms with E-state index >= 15 is 0 Å². The first-order valence-corrected chi connectivity index (χ1v) is 4.84. The minimum atomic E-state index is -0.468. The molecule has 1 rings (SSSR count). The number of carbonyl (C=O) groups is 1. The second kappa shape index (κ2) is 5.02. The van der Waals surface area contributed by atoms with E-state index in [4.69, 9.17) is 10.5 Å². The lowest BCUT2D eigenvalue weighted by molar-refractivity contribution is -0.144. The third kappa shape index (κ3) is 3.19. The van der Waals surface area contributed by atoms with Crippen molar-refractivity contribution in [1.29, 1.82) is 0 Å². The van der Waals surface area contributed by atoms with Crippen molar-refractivity contribution < 1.29 is 9.53 Å². The Kier molecular flexibility index (Phi) is 3.96.